The largest absolute Gasteiger partial charge is 0.375 e. The number of anilines is 1. The van der Waals surface area contributed by atoms with Crippen molar-refractivity contribution < 1.29 is 9.53 Å². The molecule has 1 unspecified atom stereocenters. The summed E-state index contributed by atoms with van der Waals surface area (Å²) < 4.78 is 5.54. The molecule has 6 nitrogen and oxygen atoms in total. The third kappa shape index (κ3) is 2.77. The van der Waals surface area contributed by atoms with E-state index in [4.69, 9.17) is 10.6 Å². The standard InChI is InChI=1S/C12H18N4O2/c1-2-10-8-16(5-6-18-10)12(17)11-7-9(15-13)3-4-14-11/h3-4,7,10H,2,5-6,8,13H2,1H3,(H,14,15). The maximum absolute atomic E-state index is 12.3. The summed E-state index contributed by atoms with van der Waals surface area (Å²) in [6, 6.07) is 3.36. The number of carbonyl (C=O) groups is 1. The van der Waals surface area contributed by atoms with Gasteiger partial charge in [0.2, 0.25) is 0 Å². The van der Waals surface area contributed by atoms with E-state index in [-0.39, 0.29) is 12.0 Å². The van der Waals surface area contributed by atoms with Gasteiger partial charge in [0.1, 0.15) is 5.69 Å². The van der Waals surface area contributed by atoms with Crippen LogP contribution in [0, 0.1) is 0 Å². The van der Waals surface area contributed by atoms with E-state index >= 15 is 0 Å². The highest BCUT2D eigenvalue weighted by molar-refractivity contribution is 5.93. The molecule has 1 aromatic rings. The highest BCUT2D eigenvalue weighted by Gasteiger charge is 2.24. The first kappa shape index (κ1) is 12.8. The SMILES string of the molecule is CCC1CN(C(=O)c2cc(NN)ccn2)CCO1. The number of morpholine rings is 1. The van der Waals surface area contributed by atoms with Crippen LogP contribution in [0.15, 0.2) is 18.3 Å². The summed E-state index contributed by atoms with van der Waals surface area (Å²) in [7, 11) is 0. The summed E-state index contributed by atoms with van der Waals surface area (Å²) in [6.07, 6.45) is 2.60. The minimum Gasteiger partial charge on any atom is -0.375 e. The molecule has 1 aliphatic rings. The lowest BCUT2D eigenvalue weighted by Crippen LogP contribution is -2.45. The van der Waals surface area contributed by atoms with E-state index in [1.54, 1.807) is 23.2 Å². The number of nitrogens with one attached hydrogen (secondary N) is 1. The van der Waals surface area contributed by atoms with E-state index in [0.717, 1.165) is 6.42 Å². The number of hydrogen-bond acceptors (Lipinski definition) is 5. The first-order chi connectivity index (χ1) is 8.74. The zero-order chi connectivity index (χ0) is 13.0. The molecule has 1 aliphatic heterocycles. The number of amides is 1. The monoisotopic (exact) mass is 250 g/mol. The Bertz CT molecular complexity index is 424. The van der Waals surface area contributed by atoms with Crippen molar-refractivity contribution in [3.63, 3.8) is 0 Å². The molecule has 6 heteroatoms. The summed E-state index contributed by atoms with van der Waals surface area (Å²) >= 11 is 0. The molecule has 2 rings (SSSR count). The Morgan fingerprint density at radius 3 is 3.28 bits per heavy atom. The number of nitrogen functional groups attached to an aromatic ring is 1. The normalized spacial score (nSPS) is 19.7. The summed E-state index contributed by atoms with van der Waals surface area (Å²) in [6.45, 7) is 3.86. The van der Waals surface area contributed by atoms with Crippen molar-refractivity contribution in [2.45, 2.75) is 19.4 Å². The Morgan fingerprint density at radius 2 is 2.56 bits per heavy atom. The number of nitrogens with zero attached hydrogens (tertiary/aromatic N) is 2. The van der Waals surface area contributed by atoms with Crippen LogP contribution in [0.3, 0.4) is 0 Å². The third-order valence-electron chi connectivity index (χ3n) is 3.03. The lowest BCUT2D eigenvalue weighted by Gasteiger charge is -2.32. The van der Waals surface area contributed by atoms with Crippen molar-refractivity contribution in [3.8, 4) is 0 Å². The van der Waals surface area contributed by atoms with Crippen molar-refractivity contribution in [3.05, 3.63) is 24.0 Å². The zero-order valence-corrected chi connectivity index (χ0v) is 10.4. The van der Waals surface area contributed by atoms with Gasteiger partial charge in [0.25, 0.3) is 5.91 Å². The Hall–Kier alpha value is -1.66. The molecular weight excluding hydrogens is 232 g/mol. The molecule has 0 saturated carbocycles. The number of hydrazine groups is 1. The predicted molar refractivity (Wildman–Crippen MR) is 68.0 cm³/mol. The van der Waals surface area contributed by atoms with E-state index < -0.39 is 0 Å². The lowest BCUT2D eigenvalue weighted by molar-refractivity contribution is -0.0228. The highest BCUT2D eigenvalue weighted by Crippen LogP contribution is 2.13. The molecule has 1 atom stereocenters. The smallest absolute Gasteiger partial charge is 0.272 e. The van der Waals surface area contributed by atoms with Gasteiger partial charge in [0, 0.05) is 19.3 Å². The molecule has 0 spiro atoms. The molecule has 1 saturated heterocycles. The maximum atomic E-state index is 12.3. The molecule has 1 fully saturated rings. The molecule has 0 radical (unpaired) electrons. The van der Waals surface area contributed by atoms with Crippen LogP contribution in [0.2, 0.25) is 0 Å². The van der Waals surface area contributed by atoms with Gasteiger partial charge in [-0.05, 0) is 18.6 Å². The van der Waals surface area contributed by atoms with Gasteiger partial charge in [-0.3, -0.25) is 15.6 Å². The molecule has 1 aromatic heterocycles. The highest BCUT2D eigenvalue weighted by atomic mass is 16.5. The van der Waals surface area contributed by atoms with Crippen molar-refractivity contribution in [2.24, 2.45) is 5.84 Å². The summed E-state index contributed by atoms with van der Waals surface area (Å²) in [5.74, 6) is 5.24. The minimum absolute atomic E-state index is 0.0751. The fraction of sp³-hybridized carbons (Fsp3) is 0.500. The van der Waals surface area contributed by atoms with Crippen molar-refractivity contribution in [1.82, 2.24) is 9.88 Å². The first-order valence-corrected chi connectivity index (χ1v) is 6.08. The van der Waals surface area contributed by atoms with Gasteiger partial charge >= 0.3 is 0 Å². The van der Waals surface area contributed by atoms with Crippen molar-refractivity contribution in [1.29, 1.82) is 0 Å². The van der Waals surface area contributed by atoms with Crippen LogP contribution >= 0.6 is 0 Å². The molecule has 0 aromatic carbocycles. The van der Waals surface area contributed by atoms with Crippen molar-refractivity contribution >= 4 is 11.6 Å². The number of hydrogen-bond donors (Lipinski definition) is 2. The summed E-state index contributed by atoms with van der Waals surface area (Å²) in [5.41, 5.74) is 3.59. The Kier molecular flexibility index (Phi) is 4.11. The summed E-state index contributed by atoms with van der Waals surface area (Å²) in [4.78, 5) is 18.1. The summed E-state index contributed by atoms with van der Waals surface area (Å²) in [5, 5.41) is 0. The van der Waals surface area contributed by atoms with Gasteiger partial charge in [0.05, 0.1) is 18.4 Å². The van der Waals surface area contributed by atoms with Crippen molar-refractivity contribution in [2.75, 3.05) is 25.1 Å². The number of ether oxygens (including phenoxy) is 1. The predicted octanol–water partition coefficient (Wildman–Crippen LogP) is 0.618. The van der Waals surface area contributed by atoms with Crippen LogP contribution in [0.25, 0.3) is 0 Å². The number of aromatic nitrogens is 1. The fourth-order valence-electron chi connectivity index (χ4n) is 1.95. The number of pyridine rings is 1. The van der Waals surface area contributed by atoms with Crippen LogP contribution in [-0.4, -0.2) is 41.6 Å². The fourth-order valence-corrected chi connectivity index (χ4v) is 1.95. The molecule has 1 amide bonds. The van der Waals surface area contributed by atoms with E-state index in [1.807, 2.05) is 0 Å². The Morgan fingerprint density at radius 1 is 1.72 bits per heavy atom. The second-order valence-electron chi connectivity index (χ2n) is 4.23. The van der Waals surface area contributed by atoms with E-state index in [2.05, 4.69) is 17.3 Å². The second kappa shape index (κ2) is 5.79. The van der Waals surface area contributed by atoms with Gasteiger partial charge in [-0.2, -0.15) is 0 Å². The van der Waals surface area contributed by atoms with Crippen LogP contribution in [0.4, 0.5) is 5.69 Å². The average molecular weight is 250 g/mol. The molecule has 3 N–H and O–H groups in total. The Labute approximate surface area is 106 Å². The quantitative estimate of drug-likeness (QED) is 0.607. The van der Waals surface area contributed by atoms with Gasteiger partial charge in [-0.15, -0.1) is 0 Å². The van der Waals surface area contributed by atoms with Gasteiger partial charge in [-0.1, -0.05) is 6.92 Å². The molecular formula is C12H18N4O2. The molecule has 18 heavy (non-hydrogen) atoms. The number of carbonyl (C=O) groups excluding carboxylic acids is 1. The maximum Gasteiger partial charge on any atom is 0.272 e. The van der Waals surface area contributed by atoms with Gasteiger partial charge in [0.15, 0.2) is 0 Å². The van der Waals surface area contributed by atoms with E-state index in [9.17, 15) is 4.79 Å². The molecule has 98 valence electrons. The van der Waals surface area contributed by atoms with Crippen LogP contribution in [0.5, 0.6) is 0 Å². The molecule has 0 aliphatic carbocycles. The number of rotatable bonds is 3. The van der Waals surface area contributed by atoms with Gasteiger partial charge < -0.3 is 15.1 Å². The molecule has 0 bridgehead atoms. The zero-order valence-electron chi connectivity index (χ0n) is 10.4. The van der Waals surface area contributed by atoms with E-state index in [1.165, 1.54) is 0 Å². The average Bonchev–Trinajstić information content (AvgIpc) is 2.46. The third-order valence-corrected chi connectivity index (χ3v) is 3.03. The van der Waals surface area contributed by atoms with Crippen LogP contribution < -0.4 is 11.3 Å². The number of nitrogens with two attached hydrogens (primary N) is 1. The molecule has 2 heterocycles. The lowest BCUT2D eigenvalue weighted by atomic mass is 10.2. The Balaban J connectivity index is 2.10. The minimum atomic E-state index is -0.0751. The second-order valence-corrected chi connectivity index (χ2v) is 4.23. The van der Waals surface area contributed by atoms with Crippen LogP contribution in [0.1, 0.15) is 23.8 Å². The van der Waals surface area contributed by atoms with E-state index in [0.29, 0.717) is 31.1 Å². The topological polar surface area (TPSA) is 80.5 Å². The van der Waals surface area contributed by atoms with Gasteiger partial charge in [-0.25, -0.2) is 0 Å². The first-order valence-electron chi connectivity index (χ1n) is 6.08. The van der Waals surface area contributed by atoms with Crippen LogP contribution in [-0.2, 0) is 4.74 Å².